The van der Waals surface area contributed by atoms with Crippen molar-refractivity contribution in [1.82, 2.24) is 0 Å². The summed E-state index contributed by atoms with van der Waals surface area (Å²) in [5, 5.41) is 2.90. The number of aryl methyl sites for hydroxylation is 3. The molecule has 6 nitrogen and oxygen atoms in total. The zero-order valence-electron chi connectivity index (χ0n) is 20.7. The molecule has 1 aliphatic heterocycles. The molecule has 0 bridgehead atoms. The Morgan fingerprint density at radius 1 is 1.00 bits per heavy atom. The monoisotopic (exact) mass is 490 g/mol. The van der Waals surface area contributed by atoms with Gasteiger partial charge in [-0.3, -0.25) is 9.59 Å². The topological polar surface area (TPSA) is 67.9 Å². The van der Waals surface area contributed by atoms with E-state index in [1.54, 1.807) is 30.9 Å². The first-order chi connectivity index (χ1) is 16.8. The molecule has 1 N–H and O–H groups in total. The second-order valence-electron chi connectivity index (χ2n) is 8.69. The van der Waals surface area contributed by atoms with Crippen LogP contribution in [0.5, 0.6) is 11.5 Å². The number of carbonyl (C=O) groups is 2. The fourth-order valence-corrected chi connectivity index (χ4v) is 5.76. The number of nitrogens with zero attached hydrogens (tertiary/aromatic N) is 1. The average molecular weight is 491 g/mol. The van der Waals surface area contributed by atoms with Gasteiger partial charge in [-0.15, -0.1) is 11.8 Å². The Balaban J connectivity index is 1.61. The summed E-state index contributed by atoms with van der Waals surface area (Å²) in [7, 11) is 3.19. The van der Waals surface area contributed by atoms with Crippen molar-refractivity contribution in [3.8, 4) is 11.5 Å². The molecule has 0 radical (unpaired) electrons. The van der Waals surface area contributed by atoms with Gasteiger partial charge in [-0.1, -0.05) is 35.9 Å². The Morgan fingerprint density at radius 3 is 2.37 bits per heavy atom. The van der Waals surface area contributed by atoms with Crippen LogP contribution in [0.4, 0.5) is 11.4 Å². The first-order valence-corrected chi connectivity index (χ1v) is 12.3. The summed E-state index contributed by atoms with van der Waals surface area (Å²) in [6.45, 7) is 5.94. The van der Waals surface area contributed by atoms with E-state index in [0.717, 1.165) is 38.5 Å². The van der Waals surface area contributed by atoms with Crippen molar-refractivity contribution in [2.45, 2.75) is 37.3 Å². The van der Waals surface area contributed by atoms with Crippen molar-refractivity contribution in [2.75, 3.05) is 31.0 Å². The quantitative estimate of drug-likeness (QED) is 0.470. The maximum Gasteiger partial charge on any atom is 0.244 e. The molecule has 1 heterocycles. The summed E-state index contributed by atoms with van der Waals surface area (Å²) in [4.78, 5) is 29.1. The van der Waals surface area contributed by atoms with Crippen LogP contribution in [0.2, 0.25) is 0 Å². The van der Waals surface area contributed by atoms with E-state index in [2.05, 4.69) is 5.32 Å². The van der Waals surface area contributed by atoms with Gasteiger partial charge in [0, 0.05) is 22.3 Å². The Hall–Kier alpha value is -3.45. The Bertz CT molecular complexity index is 1250. The number of hydrogen-bond donors (Lipinski definition) is 1. The number of hydrogen-bond acceptors (Lipinski definition) is 5. The highest BCUT2D eigenvalue weighted by atomic mass is 32.2. The van der Waals surface area contributed by atoms with E-state index in [1.807, 2.05) is 75.4 Å². The van der Waals surface area contributed by atoms with Crippen LogP contribution in [0.25, 0.3) is 0 Å². The van der Waals surface area contributed by atoms with Gasteiger partial charge in [0.05, 0.1) is 19.9 Å². The van der Waals surface area contributed by atoms with Crippen LogP contribution in [-0.2, 0) is 9.59 Å². The van der Waals surface area contributed by atoms with Crippen molar-refractivity contribution in [2.24, 2.45) is 0 Å². The van der Waals surface area contributed by atoms with E-state index in [1.165, 1.54) is 0 Å². The molecule has 0 unspecified atom stereocenters. The Morgan fingerprint density at radius 2 is 1.69 bits per heavy atom. The number of ether oxygens (including phenoxy) is 2. The minimum Gasteiger partial charge on any atom is -0.493 e. The molecule has 0 saturated carbocycles. The van der Waals surface area contributed by atoms with E-state index < -0.39 is 0 Å². The number of para-hydroxylation sites is 1. The highest BCUT2D eigenvalue weighted by Gasteiger charge is 2.31. The fourth-order valence-electron chi connectivity index (χ4n) is 4.49. The smallest absolute Gasteiger partial charge is 0.244 e. The highest BCUT2D eigenvalue weighted by molar-refractivity contribution is 7.99. The summed E-state index contributed by atoms with van der Waals surface area (Å²) < 4.78 is 10.8. The van der Waals surface area contributed by atoms with Gasteiger partial charge in [0.15, 0.2) is 11.5 Å². The first kappa shape index (κ1) is 24.7. The molecular formula is C28H30N2O4S. The number of nitrogens with one attached hydrogen (secondary N) is 1. The molecular weight excluding hydrogens is 460 g/mol. The third-order valence-corrected chi connectivity index (χ3v) is 7.43. The van der Waals surface area contributed by atoms with Gasteiger partial charge in [-0.25, -0.2) is 0 Å². The summed E-state index contributed by atoms with van der Waals surface area (Å²) in [6.07, 6.45) is 0.255. The molecule has 0 saturated heterocycles. The summed E-state index contributed by atoms with van der Waals surface area (Å²) in [5.41, 5.74) is 5.66. The number of benzene rings is 3. The number of amides is 2. The van der Waals surface area contributed by atoms with Crippen molar-refractivity contribution in [1.29, 1.82) is 0 Å². The number of rotatable bonds is 6. The first-order valence-electron chi connectivity index (χ1n) is 11.5. The predicted octanol–water partition coefficient (Wildman–Crippen LogP) is 5.84. The molecule has 0 aromatic heterocycles. The van der Waals surface area contributed by atoms with Crippen molar-refractivity contribution >= 4 is 35.0 Å². The SMILES string of the molecule is COc1ccc([C@@H]2CC(=O)N(CC(=O)Nc3c(C)cc(C)cc3C)c3ccccc3S2)cc1OC. The number of thioether (sulfide) groups is 1. The van der Waals surface area contributed by atoms with Gasteiger partial charge in [0.25, 0.3) is 0 Å². The molecule has 1 atom stereocenters. The Kier molecular flexibility index (Phi) is 7.36. The number of carbonyl (C=O) groups excluding carboxylic acids is 2. The third kappa shape index (κ3) is 5.30. The normalized spacial score (nSPS) is 15.3. The molecule has 3 aromatic rings. The fraction of sp³-hybridized carbons (Fsp3) is 0.286. The Labute approximate surface area is 210 Å². The average Bonchev–Trinajstić information content (AvgIpc) is 2.97. The number of anilines is 2. The second-order valence-corrected chi connectivity index (χ2v) is 9.94. The van der Waals surface area contributed by atoms with Crippen molar-refractivity contribution < 1.29 is 19.1 Å². The summed E-state index contributed by atoms with van der Waals surface area (Å²) in [6, 6.07) is 17.5. The number of fused-ring (bicyclic) bond motifs is 1. The molecule has 2 amide bonds. The maximum absolute atomic E-state index is 13.5. The molecule has 1 aliphatic rings. The lowest BCUT2D eigenvalue weighted by Crippen LogP contribution is -2.38. The van der Waals surface area contributed by atoms with Crippen LogP contribution in [-0.4, -0.2) is 32.6 Å². The molecule has 4 rings (SSSR count). The zero-order chi connectivity index (χ0) is 25.1. The molecule has 0 aliphatic carbocycles. The molecule has 182 valence electrons. The maximum atomic E-state index is 13.5. The largest absolute Gasteiger partial charge is 0.493 e. The molecule has 0 fully saturated rings. The lowest BCUT2D eigenvalue weighted by atomic mass is 10.1. The van der Waals surface area contributed by atoms with E-state index in [-0.39, 0.29) is 30.0 Å². The van der Waals surface area contributed by atoms with Gasteiger partial charge in [0.1, 0.15) is 6.54 Å². The van der Waals surface area contributed by atoms with E-state index in [4.69, 9.17) is 9.47 Å². The predicted molar refractivity (Wildman–Crippen MR) is 141 cm³/mol. The molecule has 35 heavy (non-hydrogen) atoms. The van der Waals surface area contributed by atoms with Crippen LogP contribution >= 0.6 is 11.8 Å². The highest BCUT2D eigenvalue weighted by Crippen LogP contribution is 2.46. The van der Waals surface area contributed by atoms with Crippen molar-refractivity contribution in [3.05, 3.63) is 76.9 Å². The number of methoxy groups -OCH3 is 2. The zero-order valence-corrected chi connectivity index (χ0v) is 21.5. The van der Waals surface area contributed by atoms with Gasteiger partial charge in [-0.2, -0.15) is 0 Å². The van der Waals surface area contributed by atoms with E-state index in [0.29, 0.717) is 11.5 Å². The van der Waals surface area contributed by atoms with Crippen LogP contribution in [0.3, 0.4) is 0 Å². The molecule has 0 spiro atoms. The second kappa shape index (κ2) is 10.4. The molecule has 7 heteroatoms. The summed E-state index contributed by atoms with van der Waals surface area (Å²) >= 11 is 1.62. The van der Waals surface area contributed by atoms with Gasteiger partial charge in [0.2, 0.25) is 11.8 Å². The lowest BCUT2D eigenvalue weighted by Gasteiger charge is -2.23. The molecule has 3 aromatic carbocycles. The van der Waals surface area contributed by atoms with Crippen LogP contribution in [0, 0.1) is 20.8 Å². The van der Waals surface area contributed by atoms with Gasteiger partial charge in [-0.05, 0) is 61.7 Å². The van der Waals surface area contributed by atoms with E-state index in [9.17, 15) is 9.59 Å². The summed E-state index contributed by atoms with van der Waals surface area (Å²) in [5.74, 6) is 0.935. The van der Waals surface area contributed by atoms with Gasteiger partial charge < -0.3 is 19.7 Å². The van der Waals surface area contributed by atoms with Crippen LogP contribution in [0.15, 0.2) is 59.5 Å². The third-order valence-electron chi connectivity index (χ3n) is 6.11. The van der Waals surface area contributed by atoms with E-state index >= 15 is 0 Å². The minimum atomic E-state index is -0.224. The van der Waals surface area contributed by atoms with Gasteiger partial charge >= 0.3 is 0 Å². The lowest BCUT2D eigenvalue weighted by molar-refractivity contribution is -0.121. The standard InChI is InChI=1S/C28H30N2O4S/c1-17-12-18(2)28(19(3)13-17)29-26(31)16-30-21-8-6-7-9-24(21)35-25(15-27(30)32)20-10-11-22(33-4)23(14-20)34-5/h6-14,25H,15-16H2,1-5H3,(H,29,31)/t25-/m0/s1. The van der Waals surface area contributed by atoms with Crippen LogP contribution in [0.1, 0.15) is 33.9 Å². The van der Waals surface area contributed by atoms with Crippen LogP contribution < -0.4 is 19.7 Å². The minimum absolute atomic E-state index is 0.0538. The van der Waals surface area contributed by atoms with Crippen molar-refractivity contribution in [3.63, 3.8) is 0 Å².